The molecule has 0 bridgehead atoms. The van der Waals surface area contributed by atoms with Gasteiger partial charge in [-0.25, -0.2) is 13.6 Å². The number of aliphatic hydroxyl groups excluding tert-OH is 1. The van der Waals surface area contributed by atoms with E-state index >= 15 is 0 Å². The molecule has 1 aromatic heterocycles. The number of carbonyl (C=O) groups excluding carboxylic acids is 2. The standard InChI is InChI=1S/C11H19N5O5S2/c12-8(18)6-4-2-1-3-5-7(17)9(19)14-10-15-16-11(22-10)23(13,20)21/h7,17H,1-6H2,(H2,12,18)(H2,13,20,21)(H,14,15,19). The Kier molecular flexibility index (Phi) is 7.48. The van der Waals surface area contributed by atoms with Crippen LogP contribution in [0.25, 0.3) is 0 Å². The lowest BCUT2D eigenvalue weighted by atomic mass is 10.1. The molecule has 0 fully saturated rings. The maximum Gasteiger partial charge on any atom is 0.267 e. The summed E-state index contributed by atoms with van der Waals surface area (Å²) in [5, 5.41) is 23.6. The van der Waals surface area contributed by atoms with Crippen LogP contribution < -0.4 is 16.2 Å². The lowest BCUT2D eigenvalue weighted by Crippen LogP contribution is -2.27. The van der Waals surface area contributed by atoms with Crippen LogP contribution in [-0.4, -0.2) is 41.6 Å². The number of primary amides is 1. The van der Waals surface area contributed by atoms with Crippen molar-refractivity contribution in [1.82, 2.24) is 10.2 Å². The SMILES string of the molecule is NC(=O)CCCCCCC(O)C(=O)Nc1nnc(S(N)(=O)=O)s1. The van der Waals surface area contributed by atoms with E-state index in [9.17, 15) is 23.1 Å². The van der Waals surface area contributed by atoms with Crippen molar-refractivity contribution in [3.63, 3.8) is 0 Å². The highest BCUT2D eigenvalue weighted by Crippen LogP contribution is 2.19. The fraction of sp³-hybridized carbons (Fsp3) is 0.636. The van der Waals surface area contributed by atoms with Gasteiger partial charge in [0.25, 0.3) is 15.9 Å². The molecule has 1 heterocycles. The number of primary sulfonamides is 1. The fourth-order valence-electron chi connectivity index (χ4n) is 1.69. The molecule has 1 aromatic rings. The van der Waals surface area contributed by atoms with Gasteiger partial charge in [0, 0.05) is 6.42 Å². The van der Waals surface area contributed by atoms with E-state index in [4.69, 9.17) is 10.9 Å². The van der Waals surface area contributed by atoms with Crippen molar-refractivity contribution in [2.45, 2.75) is 49.0 Å². The number of hydrogen-bond acceptors (Lipinski definition) is 8. The molecule has 0 radical (unpaired) electrons. The molecule has 1 atom stereocenters. The monoisotopic (exact) mass is 365 g/mol. The fourth-order valence-corrected chi connectivity index (χ4v) is 3.02. The van der Waals surface area contributed by atoms with E-state index in [1.165, 1.54) is 0 Å². The first-order valence-electron chi connectivity index (χ1n) is 6.83. The van der Waals surface area contributed by atoms with Crippen LogP contribution in [0.3, 0.4) is 0 Å². The van der Waals surface area contributed by atoms with E-state index in [0.717, 1.165) is 12.8 Å². The van der Waals surface area contributed by atoms with E-state index in [2.05, 4.69) is 15.5 Å². The number of nitrogens with one attached hydrogen (secondary N) is 1. The molecule has 10 nitrogen and oxygen atoms in total. The van der Waals surface area contributed by atoms with Crippen molar-refractivity contribution in [1.29, 1.82) is 0 Å². The molecule has 130 valence electrons. The number of nitrogens with two attached hydrogens (primary N) is 2. The average molecular weight is 365 g/mol. The number of hydrogen-bond donors (Lipinski definition) is 4. The lowest BCUT2D eigenvalue weighted by molar-refractivity contribution is -0.124. The van der Waals surface area contributed by atoms with Crippen LogP contribution in [0.2, 0.25) is 0 Å². The summed E-state index contributed by atoms with van der Waals surface area (Å²) in [6.07, 6.45) is 2.14. The Morgan fingerprint density at radius 2 is 1.87 bits per heavy atom. The number of carbonyl (C=O) groups is 2. The number of anilines is 1. The smallest absolute Gasteiger partial charge is 0.267 e. The summed E-state index contributed by atoms with van der Waals surface area (Å²) < 4.78 is 21.6. The van der Waals surface area contributed by atoms with Crippen molar-refractivity contribution < 1.29 is 23.1 Å². The third-order valence-electron chi connectivity index (χ3n) is 2.83. The second-order valence-electron chi connectivity index (χ2n) is 4.84. The summed E-state index contributed by atoms with van der Waals surface area (Å²) in [6.45, 7) is 0. The molecule has 0 aromatic carbocycles. The molecule has 0 saturated heterocycles. The quantitative estimate of drug-likeness (QED) is 0.313. The number of sulfonamides is 1. The third kappa shape index (κ3) is 7.45. The van der Waals surface area contributed by atoms with Crippen LogP contribution in [0, 0.1) is 0 Å². The summed E-state index contributed by atoms with van der Waals surface area (Å²) >= 11 is 0.601. The molecule has 0 aliphatic carbocycles. The maximum atomic E-state index is 11.7. The minimum absolute atomic E-state index is 0.0560. The predicted octanol–water partition coefficient (Wildman–Crippen LogP) is -0.689. The average Bonchev–Trinajstić information content (AvgIpc) is 2.90. The molecule has 6 N–H and O–H groups in total. The molecule has 0 saturated carbocycles. The van der Waals surface area contributed by atoms with Crippen molar-refractivity contribution in [3.8, 4) is 0 Å². The van der Waals surface area contributed by atoms with Crippen LogP contribution in [0.4, 0.5) is 5.13 Å². The van der Waals surface area contributed by atoms with Gasteiger partial charge >= 0.3 is 0 Å². The first kappa shape index (κ1) is 19.4. The topological polar surface area (TPSA) is 178 Å². The predicted molar refractivity (Wildman–Crippen MR) is 82.8 cm³/mol. The second kappa shape index (κ2) is 8.86. The zero-order valence-corrected chi connectivity index (χ0v) is 13.9. The van der Waals surface area contributed by atoms with Gasteiger partial charge in [-0.3, -0.25) is 14.9 Å². The number of nitrogens with zero attached hydrogens (tertiary/aromatic N) is 2. The van der Waals surface area contributed by atoms with Gasteiger partial charge in [-0.1, -0.05) is 30.6 Å². The van der Waals surface area contributed by atoms with E-state index in [1.807, 2.05) is 0 Å². The van der Waals surface area contributed by atoms with Crippen LogP contribution in [0.15, 0.2) is 4.34 Å². The van der Waals surface area contributed by atoms with Crippen molar-refractivity contribution in [2.75, 3.05) is 5.32 Å². The summed E-state index contributed by atoms with van der Waals surface area (Å²) in [4.78, 5) is 22.3. The van der Waals surface area contributed by atoms with Gasteiger partial charge in [-0.05, 0) is 12.8 Å². The van der Waals surface area contributed by atoms with E-state index in [0.29, 0.717) is 30.6 Å². The first-order chi connectivity index (χ1) is 10.7. The zero-order chi connectivity index (χ0) is 17.5. The molecule has 12 heteroatoms. The first-order valence-corrected chi connectivity index (χ1v) is 9.20. The maximum absolute atomic E-state index is 11.7. The highest BCUT2D eigenvalue weighted by molar-refractivity contribution is 7.91. The van der Waals surface area contributed by atoms with Gasteiger partial charge < -0.3 is 10.8 Å². The second-order valence-corrected chi connectivity index (χ2v) is 7.56. The Hall–Kier alpha value is -1.63. The van der Waals surface area contributed by atoms with Gasteiger partial charge in [0.1, 0.15) is 6.10 Å². The normalized spacial score (nSPS) is 12.8. The number of amides is 2. The molecule has 0 aliphatic rings. The van der Waals surface area contributed by atoms with Gasteiger partial charge in [0.2, 0.25) is 15.4 Å². The molecule has 23 heavy (non-hydrogen) atoms. The van der Waals surface area contributed by atoms with Gasteiger partial charge in [-0.2, -0.15) is 0 Å². The highest BCUT2D eigenvalue weighted by atomic mass is 32.2. The van der Waals surface area contributed by atoms with E-state index in [1.54, 1.807) is 0 Å². The summed E-state index contributed by atoms with van der Waals surface area (Å²) in [7, 11) is -3.97. The van der Waals surface area contributed by atoms with Crippen LogP contribution >= 0.6 is 11.3 Å². The Balaban J connectivity index is 2.31. The van der Waals surface area contributed by atoms with Crippen LogP contribution in [0.1, 0.15) is 38.5 Å². The summed E-state index contributed by atoms with van der Waals surface area (Å²) in [5.74, 6) is -1.04. The number of aliphatic hydroxyl groups is 1. The van der Waals surface area contributed by atoms with E-state index in [-0.39, 0.29) is 17.5 Å². The minimum Gasteiger partial charge on any atom is -0.383 e. The molecular weight excluding hydrogens is 346 g/mol. The molecular formula is C11H19N5O5S2. The highest BCUT2D eigenvalue weighted by Gasteiger charge is 2.19. The largest absolute Gasteiger partial charge is 0.383 e. The molecule has 0 spiro atoms. The minimum atomic E-state index is -3.97. The van der Waals surface area contributed by atoms with Gasteiger partial charge in [0.05, 0.1) is 0 Å². The number of aromatic nitrogens is 2. The lowest BCUT2D eigenvalue weighted by Gasteiger charge is -2.09. The van der Waals surface area contributed by atoms with E-state index < -0.39 is 26.4 Å². The number of unbranched alkanes of at least 4 members (excludes halogenated alkanes) is 3. The molecule has 2 amide bonds. The summed E-state index contributed by atoms with van der Waals surface area (Å²) in [5.41, 5.74) is 5.01. The third-order valence-corrected chi connectivity index (χ3v) is 4.98. The van der Waals surface area contributed by atoms with Gasteiger partial charge in [-0.15, -0.1) is 10.2 Å². The Morgan fingerprint density at radius 3 is 2.43 bits per heavy atom. The molecule has 0 aliphatic heterocycles. The zero-order valence-electron chi connectivity index (χ0n) is 12.3. The van der Waals surface area contributed by atoms with Crippen molar-refractivity contribution in [3.05, 3.63) is 0 Å². The van der Waals surface area contributed by atoms with Gasteiger partial charge in [0.15, 0.2) is 0 Å². The molecule has 1 rings (SSSR count). The Morgan fingerprint density at radius 1 is 1.22 bits per heavy atom. The summed E-state index contributed by atoms with van der Waals surface area (Å²) in [6, 6.07) is 0. The van der Waals surface area contributed by atoms with Crippen LogP contribution in [0.5, 0.6) is 0 Å². The number of rotatable bonds is 10. The van der Waals surface area contributed by atoms with Crippen molar-refractivity contribution in [2.24, 2.45) is 10.9 Å². The molecule has 1 unspecified atom stereocenters. The van der Waals surface area contributed by atoms with Crippen LogP contribution in [-0.2, 0) is 19.6 Å². The Bertz CT molecular complexity index is 645. The van der Waals surface area contributed by atoms with Crippen molar-refractivity contribution >= 4 is 38.3 Å². The Labute approximate surface area is 137 Å².